The van der Waals surface area contributed by atoms with Crippen LogP contribution >= 0.6 is 0 Å². The smallest absolute Gasteiger partial charge is 0.276 e. The van der Waals surface area contributed by atoms with E-state index in [1.807, 2.05) is 42.2 Å². The summed E-state index contributed by atoms with van der Waals surface area (Å²) in [4.78, 5) is 27.7. The van der Waals surface area contributed by atoms with Crippen molar-refractivity contribution in [3.05, 3.63) is 35.9 Å². The summed E-state index contributed by atoms with van der Waals surface area (Å²) in [6, 6.07) is 11.5. The third-order valence-corrected chi connectivity index (χ3v) is 5.21. The molecule has 3 rings (SSSR count). The van der Waals surface area contributed by atoms with Crippen LogP contribution in [0.15, 0.2) is 30.3 Å². The van der Waals surface area contributed by atoms with Crippen LogP contribution in [0.2, 0.25) is 0 Å². The molecule has 132 valence electrons. The molecule has 2 amide bonds. The first-order chi connectivity index (χ1) is 12.0. The molecule has 0 bridgehead atoms. The molecular weight excluding hydrogens is 316 g/mol. The van der Waals surface area contributed by atoms with Crippen LogP contribution in [0.3, 0.4) is 0 Å². The molecule has 6 nitrogen and oxygen atoms in total. The van der Waals surface area contributed by atoms with Crippen LogP contribution in [0.25, 0.3) is 0 Å². The van der Waals surface area contributed by atoms with Gasteiger partial charge < -0.3 is 15.1 Å². The summed E-state index contributed by atoms with van der Waals surface area (Å²) in [5.41, 5.74) is -0.0281. The quantitative estimate of drug-likeness (QED) is 0.781. The third-order valence-electron chi connectivity index (χ3n) is 5.21. The molecule has 1 saturated heterocycles. The van der Waals surface area contributed by atoms with E-state index in [1.54, 1.807) is 0 Å². The Balaban J connectivity index is 1.47. The predicted molar refractivity (Wildman–Crippen MR) is 92.8 cm³/mol. The number of hydrogen-bond acceptors (Lipinski definition) is 3. The number of hydrogen-bond donors (Lipinski definition) is 2. The molecule has 0 unspecified atom stereocenters. The fraction of sp³-hybridized carbons (Fsp3) is 0.526. The van der Waals surface area contributed by atoms with E-state index in [9.17, 15) is 14.9 Å². The number of quaternary nitrogens is 1. The number of carbonyl (C=O) groups is 2. The van der Waals surface area contributed by atoms with E-state index >= 15 is 0 Å². The number of carbonyl (C=O) groups excluding carboxylic acids is 2. The molecule has 1 aliphatic carbocycles. The third kappa shape index (κ3) is 4.18. The van der Waals surface area contributed by atoms with Crippen LogP contribution in [-0.4, -0.2) is 55.0 Å². The van der Waals surface area contributed by atoms with E-state index in [-0.39, 0.29) is 17.7 Å². The summed E-state index contributed by atoms with van der Waals surface area (Å²) in [7, 11) is 0. The SMILES string of the molecule is C[C@](C#N)(NC(=O)C[NH+]1CCN(C(=O)c2ccccc2)CC1)C1CC1. The summed E-state index contributed by atoms with van der Waals surface area (Å²) in [5, 5.41) is 12.2. The number of amides is 2. The lowest BCUT2D eigenvalue weighted by molar-refractivity contribution is -0.896. The zero-order valence-corrected chi connectivity index (χ0v) is 14.6. The second-order valence-corrected chi connectivity index (χ2v) is 7.22. The number of rotatable bonds is 5. The minimum atomic E-state index is -0.735. The zero-order valence-electron chi connectivity index (χ0n) is 14.6. The highest BCUT2D eigenvalue weighted by Crippen LogP contribution is 2.39. The Morgan fingerprint density at radius 1 is 1.28 bits per heavy atom. The van der Waals surface area contributed by atoms with E-state index < -0.39 is 5.54 Å². The molecule has 2 N–H and O–H groups in total. The van der Waals surface area contributed by atoms with Gasteiger partial charge in [0.05, 0.1) is 32.2 Å². The fourth-order valence-corrected chi connectivity index (χ4v) is 3.41. The first-order valence-corrected chi connectivity index (χ1v) is 8.92. The minimum absolute atomic E-state index is 0.0508. The lowest BCUT2D eigenvalue weighted by atomic mass is 9.98. The van der Waals surface area contributed by atoms with Crippen molar-refractivity contribution in [1.82, 2.24) is 10.2 Å². The van der Waals surface area contributed by atoms with E-state index in [0.29, 0.717) is 25.2 Å². The maximum Gasteiger partial charge on any atom is 0.276 e. The van der Waals surface area contributed by atoms with Crippen molar-refractivity contribution >= 4 is 11.8 Å². The van der Waals surface area contributed by atoms with Gasteiger partial charge in [0.25, 0.3) is 11.8 Å². The van der Waals surface area contributed by atoms with Crippen LogP contribution in [-0.2, 0) is 4.79 Å². The summed E-state index contributed by atoms with van der Waals surface area (Å²) in [6.07, 6.45) is 2.02. The van der Waals surface area contributed by atoms with Gasteiger partial charge in [0.15, 0.2) is 6.54 Å². The van der Waals surface area contributed by atoms with Gasteiger partial charge in [-0.05, 0) is 37.8 Å². The van der Waals surface area contributed by atoms with Crippen LogP contribution in [0, 0.1) is 17.2 Å². The fourth-order valence-electron chi connectivity index (χ4n) is 3.41. The highest BCUT2D eigenvalue weighted by Gasteiger charge is 2.43. The van der Waals surface area contributed by atoms with Gasteiger partial charge in [0.1, 0.15) is 5.54 Å². The lowest BCUT2D eigenvalue weighted by Gasteiger charge is -2.32. The van der Waals surface area contributed by atoms with Gasteiger partial charge in [-0.15, -0.1) is 0 Å². The Morgan fingerprint density at radius 3 is 2.48 bits per heavy atom. The minimum Gasteiger partial charge on any atom is -0.333 e. The van der Waals surface area contributed by atoms with Crippen molar-refractivity contribution in [2.45, 2.75) is 25.3 Å². The van der Waals surface area contributed by atoms with Crippen molar-refractivity contribution in [2.24, 2.45) is 5.92 Å². The number of nitriles is 1. The van der Waals surface area contributed by atoms with Gasteiger partial charge in [-0.3, -0.25) is 9.59 Å². The summed E-state index contributed by atoms with van der Waals surface area (Å²) >= 11 is 0. The van der Waals surface area contributed by atoms with Gasteiger partial charge in [0.2, 0.25) is 0 Å². The van der Waals surface area contributed by atoms with Crippen molar-refractivity contribution in [2.75, 3.05) is 32.7 Å². The number of piperazine rings is 1. The van der Waals surface area contributed by atoms with E-state index in [2.05, 4.69) is 11.4 Å². The highest BCUT2D eigenvalue weighted by molar-refractivity contribution is 5.94. The molecule has 1 atom stereocenters. The topological polar surface area (TPSA) is 77.6 Å². The maximum absolute atomic E-state index is 12.4. The molecule has 0 aromatic heterocycles. The number of nitrogens with one attached hydrogen (secondary N) is 2. The second kappa shape index (κ2) is 7.24. The van der Waals surface area contributed by atoms with E-state index in [4.69, 9.17) is 0 Å². The molecule has 2 fully saturated rings. The molecule has 1 saturated carbocycles. The molecule has 1 heterocycles. The molecule has 0 spiro atoms. The molecular formula is C19H25N4O2+. The number of benzene rings is 1. The highest BCUT2D eigenvalue weighted by atomic mass is 16.2. The number of nitrogens with zero attached hydrogens (tertiary/aromatic N) is 2. The lowest BCUT2D eigenvalue weighted by Crippen LogP contribution is -3.16. The zero-order chi connectivity index (χ0) is 17.9. The Hall–Kier alpha value is -2.39. The van der Waals surface area contributed by atoms with Crippen molar-refractivity contribution < 1.29 is 14.5 Å². The van der Waals surface area contributed by atoms with Gasteiger partial charge in [-0.2, -0.15) is 5.26 Å². The second-order valence-electron chi connectivity index (χ2n) is 7.22. The van der Waals surface area contributed by atoms with Crippen LogP contribution < -0.4 is 10.2 Å². The molecule has 6 heteroatoms. The largest absolute Gasteiger partial charge is 0.333 e. The average Bonchev–Trinajstić information content (AvgIpc) is 3.48. The van der Waals surface area contributed by atoms with E-state index in [0.717, 1.165) is 30.8 Å². The first-order valence-electron chi connectivity index (χ1n) is 8.92. The summed E-state index contributed by atoms with van der Waals surface area (Å²) < 4.78 is 0. The van der Waals surface area contributed by atoms with Crippen LogP contribution in [0.4, 0.5) is 0 Å². The Kier molecular flexibility index (Phi) is 5.05. The molecule has 1 aromatic carbocycles. The normalized spacial score (nSPS) is 20.4. The monoisotopic (exact) mass is 341 g/mol. The standard InChI is InChI=1S/C19H24N4O2/c1-19(14-20,16-7-8-16)21-17(24)13-22-9-11-23(12-10-22)18(25)15-5-3-2-4-6-15/h2-6,16H,7-13H2,1H3,(H,21,24)/p+1/t19-/m1/s1. The molecule has 25 heavy (non-hydrogen) atoms. The Bertz CT molecular complexity index is 672. The molecule has 1 aromatic rings. The average molecular weight is 341 g/mol. The van der Waals surface area contributed by atoms with Crippen LogP contribution in [0.5, 0.6) is 0 Å². The van der Waals surface area contributed by atoms with E-state index in [1.165, 1.54) is 0 Å². The molecule has 2 aliphatic rings. The van der Waals surface area contributed by atoms with Crippen molar-refractivity contribution in [3.8, 4) is 6.07 Å². The Morgan fingerprint density at radius 2 is 1.92 bits per heavy atom. The van der Waals surface area contributed by atoms with Gasteiger partial charge in [-0.25, -0.2) is 0 Å². The molecule has 0 radical (unpaired) electrons. The van der Waals surface area contributed by atoms with Crippen LogP contribution in [0.1, 0.15) is 30.1 Å². The predicted octanol–water partition coefficient (Wildman–Crippen LogP) is -0.164. The van der Waals surface area contributed by atoms with Gasteiger partial charge in [0, 0.05) is 5.56 Å². The van der Waals surface area contributed by atoms with Crippen molar-refractivity contribution in [1.29, 1.82) is 5.26 Å². The van der Waals surface area contributed by atoms with Gasteiger partial charge in [-0.1, -0.05) is 18.2 Å². The van der Waals surface area contributed by atoms with Crippen molar-refractivity contribution in [3.63, 3.8) is 0 Å². The summed E-state index contributed by atoms with van der Waals surface area (Å²) in [5.74, 6) is 0.264. The summed E-state index contributed by atoms with van der Waals surface area (Å²) in [6.45, 7) is 4.96. The Labute approximate surface area is 148 Å². The van der Waals surface area contributed by atoms with Gasteiger partial charge >= 0.3 is 0 Å². The maximum atomic E-state index is 12.4. The first kappa shape index (κ1) is 17.4. The molecule has 1 aliphatic heterocycles.